The summed E-state index contributed by atoms with van der Waals surface area (Å²) in [4.78, 5) is 20.4. The Morgan fingerprint density at radius 2 is 1.79 bits per heavy atom. The van der Waals surface area contributed by atoms with Crippen molar-refractivity contribution in [3.8, 4) is 11.3 Å². The molecule has 2 aromatic heterocycles. The lowest BCUT2D eigenvalue weighted by Crippen LogP contribution is -2.31. The monoisotopic (exact) mass is 348 g/mol. The number of pyridine rings is 1. The number of nitrogens with zero attached hydrogens (tertiary/aromatic N) is 6. The minimum Gasteiger partial charge on any atom is -0.360 e. The molecular formula is C17H25ClN6. The van der Waals surface area contributed by atoms with Gasteiger partial charge in [0, 0.05) is 51.7 Å². The molecule has 2 aromatic rings. The summed E-state index contributed by atoms with van der Waals surface area (Å²) in [5, 5.41) is 0. The van der Waals surface area contributed by atoms with Gasteiger partial charge in [0.15, 0.2) is 11.6 Å². The van der Waals surface area contributed by atoms with Crippen LogP contribution < -0.4 is 9.80 Å². The van der Waals surface area contributed by atoms with Crippen LogP contribution in [0.5, 0.6) is 0 Å². The van der Waals surface area contributed by atoms with E-state index in [4.69, 9.17) is 4.98 Å². The molecule has 0 spiro atoms. The highest BCUT2D eigenvalue weighted by molar-refractivity contribution is 5.85. The maximum atomic E-state index is 4.93. The molecular weight excluding hydrogens is 324 g/mol. The first kappa shape index (κ1) is 18.4. The number of likely N-dealkylation sites (N-methyl/N-ethyl adjacent to an activating group) is 1. The molecule has 0 N–H and O–H groups in total. The Morgan fingerprint density at radius 3 is 2.50 bits per heavy atom. The molecule has 1 saturated heterocycles. The van der Waals surface area contributed by atoms with Crippen molar-refractivity contribution < 1.29 is 0 Å². The Labute approximate surface area is 149 Å². The van der Waals surface area contributed by atoms with Crippen molar-refractivity contribution in [1.29, 1.82) is 0 Å². The molecule has 0 atom stereocenters. The lowest BCUT2D eigenvalue weighted by Gasteiger charge is -2.26. The molecule has 0 radical (unpaired) electrons. The number of hydrogen-bond donors (Lipinski definition) is 0. The van der Waals surface area contributed by atoms with Gasteiger partial charge in [-0.25, -0.2) is 9.97 Å². The smallest absolute Gasteiger partial charge is 0.172 e. The van der Waals surface area contributed by atoms with Crippen molar-refractivity contribution in [2.75, 3.05) is 57.1 Å². The molecule has 7 heteroatoms. The molecule has 3 rings (SSSR count). The van der Waals surface area contributed by atoms with E-state index in [1.165, 1.54) is 0 Å². The molecule has 0 aliphatic carbocycles. The summed E-state index contributed by atoms with van der Waals surface area (Å²) in [6.07, 6.45) is 6.57. The normalized spacial score (nSPS) is 15.5. The summed E-state index contributed by atoms with van der Waals surface area (Å²) < 4.78 is 0. The maximum absolute atomic E-state index is 4.93. The number of hydrogen-bond acceptors (Lipinski definition) is 6. The van der Waals surface area contributed by atoms with Crippen LogP contribution in [0.25, 0.3) is 11.3 Å². The molecule has 0 bridgehead atoms. The largest absolute Gasteiger partial charge is 0.360 e. The summed E-state index contributed by atoms with van der Waals surface area (Å²) in [5.74, 6) is 1.90. The molecule has 0 amide bonds. The van der Waals surface area contributed by atoms with E-state index in [2.05, 4.69) is 26.8 Å². The molecule has 1 fully saturated rings. The third-order valence-electron chi connectivity index (χ3n) is 4.15. The Hall–Kier alpha value is -1.92. The van der Waals surface area contributed by atoms with Gasteiger partial charge in [0.2, 0.25) is 0 Å². The predicted octanol–water partition coefficient (Wildman–Crippen LogP) is 2.17. The highest BCUT2D eigenvalue weighted by Gasteiger charge is 2.20. The minimum absolute atomic E-state index is 0. The van der Waals surface area contributed by atoms with E-state index in [1.54, 1.807) is 12.4 Å². The van der Waals surface area contributed by atoms with Crippen molar-refractivity contribution in [3.63, 3.8) is 0 Å². The van der Waals surface area contributed by atoms with Crippen LogP contribution in [-0.2, 0) is 0 Å². The van der Waals surface area contributed by atoms with Crippen LogP contribution in [0.1, 0.15) is 6.42 Å². The minimum atomic E-state index is 0. The van der Waals surface area contributed by atoms with E-state index in [-0.39, 0.29) is 12.4 Å². The van der Waals surface area contributed by atoms with E-state index in [0.717, 1.165) is 55.5 Å². The first-order valence-corrected chi connectivity index (χ1v) is 8.03. The van der Waals surface area contributed by atoms with Crippen molar-refractivity contribution in [1.82, 2.24) is 19.9 Å². The van der Waals surface area contributed by atoms with Gasteiger partial charge in [-0.1, -0.05) is 0 Å². The third-order valence-corrected chi connectivity index (χ3v) is 4.15. The zero-order valence-corrected chi connectivity index (χ0v) is 15.3. The molecule has 0 saturated carbocycles. The molecule has 130 valence electrons. The van der Waals surface area contributed by atoms with Gasteiger partial charge < -0.3 is 14.7 Å². The molecule has 0 aromatic carbocycles. The first-order chi connectivity index (χ1) is 11.1. The van der Waals surface area contributed by atoms with Crippen molar-refractivity contribution in [3.05, 3.63) is 30.7 Å². The van der Waals surface area contributed by atoms with Gasteiger partial charge >= 0.3 is 0 Å². The fraction of sp³-hybridized carbons (Fsp3) is 0.471. The predicted molar refractivity (Wildman–Crippen MR) is 101 cm³/mol. The SMILES string of the molecule is CN1CCCN(c2nc(-c3ccncc3)cnc2N(C)C)CC1.Cl. The van der Waals surface area contributed by atoms with E-state index < -0.39 is 0 Å². The van der Waals surface area contributed by atoms with Crippen LogP contribution in [0.3, 0.4) is 0 Å². The Morgan fingerprint density at radius 1 is 1.04 bits per heavy atom. The first-order valence-electron chi connectivity index (χ1n) is 8.03. The second kappa shape index (κ2) is 8.26. The van der Waals surface area contributed by atoms with Crippen LogP contribution >= 0.6 is 12.4 Å². The molecule has 3 heterocycles. The second-order valence-electron chi connectivity index (χ2n) is 6.18. The molecule has 6 nitrogen and oxygen atoms in total. The van der Waals surface area contributed by atoms with Crippen LogP contribution in [0.2, 0.25) is 0 Å². The molecule has 1 aliphatic rings. The summed E-state index contributed by atoms with van der Waals surface area (Å²) in [6.45, 7) is 4.17. The van der Waals surface area contributed by atoms with Gasteiger partial charge in [-0.3, -0.25) is 4.98 Å². The molecule has 0 unspecified atom stereocenters. The van der Waals surface area contributed by atoms with Crippen LogP contribution in [0, 0.1) is 0 Å². The average Bonchev–Trinajstić information content (AvgIpc) is 2.79. The highest BCUT2D eigenvalue weighted by Crippen LogP contribution is 2.27. The number of anilines is 2. The van der Waals surface area contributed by atoms with Crippen LogP contribution in [0.4, 0.5) is 11.6 Å². The summed E-state index contributed by atoms with van der Waals surface area (Å²) in [6, 6.07) is 3.94. The standard InChI is InChI=1S/C17H24N6.ClH/c1-21(2)16-17(23-10-4-9-22(3)11-12-23)20-15(13-19-16)14-5-7-18-8-6-14;/h5-8,13H,4,9-12H2,1-3H3;1H. The topological polar surface area (TPSA) is 48.4 Å². The quantitative estimate of drug-likeness (QED) is 0.847. The van der Waals surface area contributed by atoms with Crippen molar-refractivity contribution >= 4 is 24.0 Å². The van der Waals surface area contributed by atoms with E-state index in [9.17, 15) is 0 Å². The fourth-order valence-electron chi connectivity index (χ4n) is 2.82. The van der Waals surface area contributed by atoms with Gasteiger partial charge in [-0.05, 0) is 32.1 Å². The van der Waals surface area contributed by atoms with Gasteiger partial charge in [0.25, 0.3) is 0 Å². The number of rotatable bonds is 3. The zero-order chi connectivity index (χ0) is 16.2. The second-order valence-corrected chi connectivity index (χ2v) is 6.18. The van der Waals surface area contributed by atoms with E-state index in [0.29, 0.717) is 0 Å². The number of aromatic nitrogens is 3. The van der Waals surface area contributed by atoms with Crippen LogP contribution in [0.15, 0.2) is 30.7 Å². The Bertz CT molecular complexity index is 649. The summed E-state index contributed by atoms with van der Waals surface area (Å²) in [5.41, 5.74) is 1.94. The van der Waals surface area contributed by atoms with Gasteiger partial charge in [0.05, 0.1) is 11.9 Å². The van der Waals surface area contributed by atoms with Gasteiger partial charge in [-0.2, -0.15) is 0 Å². The third kappa shape index (κ3) is 4.13. The Balaban J connectivity index is 0.00000208. The van der Waals surface area contributed by atoms with Crippen LogP contribution in [-0.4, -0.2) is 67.2 Å². The lowest BCUT2D eigenvalue weighted by atomic mass is 10.2. The number of halogens is 1. The van der Waals surface area contributed by atoms with E-state index >= 15 is 0 Å². The lowest BCUT2D eigenvalue weighted by molar-refractivity contribution is 0.360. The highest BCUT2D eigenvalue weighted by atomic mass is 35.5. The van der Waals surface area contributed by atoms with Gasteiger partial charge in [0.1, 0.15) is 0 Å². The fourth-order valence-corrected chi connectivity index (χ4v) is 2.82. The maximum Gasteiger partial charge on any atom is 0.172 e. The van der Waals surface area contributed by atoms with Crippen molar-refractivity contribution in [2.24, 2.45) is 0 Å². The molecule has 24 heavy (non-hydrogen) atoms. The van der Waals surface area contributed by atoms with Gasteiger partial charge in [-0.15, -0.1) is 12.4 Å². The molecule has 1 aliphatic heterocycles. The van der Waals surface area contributed by atoms with Crippen molar-refractivity contribution in [2.45, 2.75) is 6.42 Å². The van der Waals surface area contributed by atoms with E-state index in [1.807, 2.05) is 37.3 Å². The summed E-state index contributed by atoms with van der Waals surface area (Å²) in [7, 11) is 6.21. The Kier molecular flexibility index (Phi) is 6.34. The summed E-state index contributed by atoms with van der Waals surface area (Å²) >= 11 is 0. The zero-order valence-electron chi connectivity index (χ0n) is 14.5. The average molecular weight is 349 g/mol.